The predicted octanol–water partition coefficient (Wildman–Crippen LogP) is 3.45. The molecule has 1 aliphatic rings. The molecule has 0 fully saturated rings. The van der Waals surface area contributed by atoms with Crippen LogP contribution in [-0.4, -0.2) is 11.1 Å². The lowest BCUT2D eigenvalue weighted by atomic mass is 10.0. The number of aromatic nitrogens is 1. The molecule has 1 aliphatic carbocycles. The van der Waals surface area contributed by atoms with Crippen molar-refractivity contribution in [2.75, 3.05) is 6.54 Å². The van der Waals surface area contributed by atoms with Gasteiger partial charge < -0.3 is 10.3 Å². The summed E-state index contributed by atoms with van der Waals surface area (Å²) in [5.74, 6) is 0. The first-order valence-electron chi connectivity index (χ1n) is 6.41. The second-order valence-corrected chi connectivity index (χ2v) is 4.86. The van der Waals surface area contributed by atoms with Gasteiger partial charge in [-0.15, -0.1) is 5.73 Å². The molecule has 2 rings (SSSR count). The number of nitrogens with two attached hydrogens (primary N) is 1. The number of allylic oxidation sites excluding steroid dienone is 3. The zero-order valence-electron chi connectivity index (χ0n) is 11.8. The Morgan fingerprint density at radius 2 is 2.21 bits per heavy atom. The van der Waals surface area contributed by atoms with Crippen molar-refractivity contribution < 1.29 is 0 Å². The Kier molecular flexibility index (Phi) is 3.75. The van der Waals surface area contributed by atoms with Crippen LogP contribution in [-0.2, 0) is 7.05 Å². The summed E-state index contributed by atoms with van der Waals surface area (Å²) in [5, 5.41) is 0. The highest BCUT2D eigenvalue weighted by Gasteiger charge is 2.14. The van der Waals surface area contributed by atoms with Gasteiger partial charge >= 0.3 is 0 Å². The minimum absolute atomic E-state index is 0.579. The lowest BCUT2D eigenvalue weighted by molar-refractivity contribution is 0.869. The smallest absolute Gasteiger partial charge is 0.0564 e. The molecule has 98 valence electrons. The largest absolute Gasteiger partial charge is 0.347 e. The molecule has 1 aromatic heterocycles. The molecule has 2 heteroatoms. The van der Waals surface area contributed by atoms with Crippen LogP contribution in [0, 0.1) is 6.92 Å². The maximum atomic E-state index is 5.70. The molecule has 0 spiro atoms. The van der Waals surface area contributed by atoms with Crippen molar-refractivity contribution in [3.8, 4) is 0 Å². The molecule has 0 aromatic carbocycles. The number of hydrogen-bond donors (Lipinski definition) is 1. The SMILES string of the molecule is C=CC1=Cc2c(/C=C(\C)CN)c(C)n(C)c2C=C=C1. The summed E-state index contributed by atoms with van der Waals surface area (Å²) in [7, 11) is 2.08. The van der Waals surface area contributed by atoms with E-state index in [0.29, 0.717) is 6.54 Å². The van der Waals surface area contributed by atoms with Gasteiger partial charge in [-0.1, -0.05) is 24.3 Å². The zero-order valence-corrected chi connectivity index (χ0v) is 11.8. The lowest BCUT2D eigenvalue weighted by Crippen LogP contribution is -1.99. The highest BCUT2D eigenvalue weighted by atomic mass is 15.0. The second kappa shape index (κ2) is 5.31. The van der Waals surface area contributed by atoms with Crippen molar-refractivity contribution in [3.05, 3.63) is 58.1 Å². The topological polar surface area (TPSA) is 30.9 Å². The molecule has 0 bridgehead atoms. The van der Waals surface area contributed by atoms with E-state index in [9.17, 15) is 0 Å². The van der Waals surface area contributed by atoms with Gasteiger partial charge in [-0.05, 0) is 31.6 Å². The maximum Gasteiger partial charge on any atom is 0.0564 e. The highest BCUT2D eigenvalue weighted by molar-refractivity contribution is 5.79. The third-order valence-electron chi connectivity index (χ3n) is 3.55. The van der Waals surface area contributed by atoms with Crippen LogP contribution in [0.4, 0.5) is 0 Å². The first-order chi connectivity index (χ1) is 9.08. The maximum absolute atomic E-state index is 5.70. The van der Waals surface area contributed by atoms with Crippen molar-refractivity contribution in [1.82, 2.24) is 4.57 Å². The molecule has 0 unspecified atom stereocenters. The first-order valence-corrected chi connectivity index (χ1v) is 6.41. The van der Waals surface area contributed by atoms with Crippen LogP contribution in [0.5, 0.6) is 0 Å². The van der Waals surface area contributed by atoms with Crippen molar-refractivity contribution in [3.63, 3.8) is 0 Å². The summed E-state index contributed by atoms with van der Waals surface area (Å²) in [6.45, 7) is 8.60. The van der Waals surface area contributed by atoms with Crippen molar-refractivity contribution >= 4 is 18.2 Å². The first kappa shape index (κ1) is 13.4. The summed E-state index contributed by atoms with van der Waals surface area (Å²) in [6, 6.07) is 0. The number of rotatable bonds is 3. The van der Waals surface area contributed by atoms with Gasteiger partial charge in [0.25, 0.3) is 0 Å². The molecule has 2 N–H and O–H groups in total. The second-order valence-electron chi connectivity index (χ2n) is 4.86. The average molecular weight is 252 g/mol. The van der Waals surface area contributed by atoms with Crippen molar-refractivity contribution in [2.24, 2.45) is 12.8 Å². The average Bonchev–Trinajstić information content (AvgIpc) is 2.62. The predicted molar refractivity (Wildman–Crippen MR) is 83.6 cm³/mol. The highest BCUT2D eigenvalue weighted by Crippen LogP contribution is 2.29. The molecule has 1 heterocycles. The Hall–Kier alpha value is -2.02. The molecule has 19 heavy (non-hydrogen) atoms. The standard InChI is InChI=1S/C17H20N2/c1-5-14-7-6-8-17-16(10-14)15(9-12(2)11-18)13(3)19(17)4/h5,7-10H,1,11,18H2,2-4H3/b12-9+. The van der Waals surface area contributed by atoms with Crippen LogP contribution in [0.3, 0.4) is 0 Å². The summed E-state index contributed by atoms with van der Waals surface area (Å²) >= 11 is 0. The lowest BCUT2D eigenvalue weighted by Gasteiger charge is -2.01. The van der Waals surface area contributed by atoms with E-state index in [2.05, 4.69) is 49.9 Å². The summed E-state index contributed by atoms with van der Waals surface area (Å²) in [5.41, 5.74) is 16.0. The van der Waals surface area contributed by atoms with Gasteiger partial charge in [0.1, 0.15) is 0 Å². The van der Waals surface area contributed by atoms with Gasteiger partial charge in [0.2, 0.25) is 0 Å². The molecular formula is C17H20N2. The van der Waals surface area contributed by atoms with E-state index in [4.69, 9.17) is 5.73 Å². The summed E-state index contributed by atoms with van der Waals surface area (Å²) < 4.78 is 2.19. The zero-order chi connectivity index (χ0) is 14.0. The molecule has 0 radical (unpaired) electrons. The van der Waals surface area contributed by atoms with Gasteiger partial charge in [0.15, 0.2) is 0 Å². The van der Waals surface area contributed by atoms with Crippen LogP contribution in [0.25, 0.3) is 18.2 Å². The van der Waals surface area contributed by atoms with Crippen molar-refractivity contribution in [2.45, 2.75) is 13.8 Å². The van der Waals surface area contributed by atoms with Gasteiger partial charge in [-0.25, -0.2) is 0 Å². The monoisotopic (exact) mass is 252 g/mol. The van der Waals surface area contributed by atoms with Gasteiger partial charge in [-0.2, -0.15) is 0 Å². The van der Waals surface area contributed by atoms with Crippen LogP contribution < -0.4 is 5.73 Å². The minimum atomic E-state index is 0.579. The Morgan fingerprint density at radius 1 is 1.47 bits per heavy atom. The van der Waals surface area contributed by atoms with E-state index >= 15 is 0 Å². The Morgan fingerprint density at radius 3 is 2.84 bits per heavy atom. The molecule has 0 aliphatic heterocycles. The van der Waals surface area contributed by atoms with Gasteiger partial charge in [-0.3, -0.25) is 0 Å². The van der Waals surface area contributed by atoms with Crippen LogP contribution in [0.2, 0.25) is 0 Å². The van der Waals surface area contributed by atoms with E-state index in [1.54, 1.807) is 0 Å². The molecule has 2 nitrogen and oxygen atoms in total. The van der Waals surface area contributed by atoms with E-state index < -0.39 is 0 Å². The van der Waals surface area contributed by atoms with Crippen LogP contribution >= 0.6 is 0 Å². The Balaban J connectivity index is 2.73. The molecule has 0 saturated carbocycles. The van der Waals surface area contributed by atoms with Crippen LogP contribution in [0.15, 0.2) is 35.6 Å². The van der Waals surface area contributed by atoms with Crippen molar-refractivity contribution in [1.29, 1.82) is 0 Å². The summed E-state index contributed by atoms with van der Waals surface area (Å²) in [4.78, 5) is 0. The molecule has 1 aromatic rings. The van der Waals surface area contributed by atoms with E-state index in [1.807, 2.05) is 18.2 Å². The Bertz CT molecular complexity index is 645. The molecule has 0 amide bonds. The molecule has 0 saturated heterocycles. The molecular weight excluding hydrogens is 232 g/mol. The normalized spacial score (nSPS) is 14.1. The summed E-state index contributed by atoms with van der Waals surface area (Å²) in [6.07, 6.45) is 10.1. The number of nitrogens with zero attached hydrogens (tertiary/aromatic N) is 1. The van der Waals surface area contributed by atoms with E-state index in [0.717, 1.165) is 5.57 Å². The fraction of sp³-hybridized carbons (Fsp3) is 0.235. The fourth-order valence-electron chi connectivity index (χ4n) is 2.23. The van der Waals surface area contributed by atoms with Gasteiger partial charge in [0.05, 0.1) is 5.69 Å². The third kappa shape index (κ3) is 2.41. The third-order valence-corrected chi connectivity index (χ3v) is 3.55. The fourth-order valence-corrected chi connectivity index (χ4v) is 2.23. The minimum Gasteiger partial charge on any atom is -0.347 e. The van der Waals surface area contributed by atoms with Crippen LogP contribution in [0.1, 0.15) is 29.4 Å². The Labute approximate surface area is 114 Å². The van der Waals surface area contributed by atoms with E-state index in [-0.39, 0.29) is 0 Å². The number of fused-ring (bicyclic) bond motifs is 1. The van der Waals surface area contributed by atoms with E-state index in [1.165, 1.54) is 28.1 Å². The van der Waals surface area contributed by atoms with Gasteiger partial charge in [0, 0.05) is 36.5 Å². The number of hydrogen-bond acceptors (Lipinski definition) is 1. The quantitative estimate of drug-likeness (QED) is 0.821. The molecule has 0 atom stereocenters.